The minimum atomic E-state index is -0.447. The lowest BCUT2D eigenvalue weighted by molar-refractivity contribution is -0.385. The lowest BCUT2D eigenvalue weighted by Gasteiger charge is -2.20. The molecule has 6 heteroatoms. The normalized spacial score (nSPS) is 30.5. The lowest BCUT2D eigenvalue weighted by atomic mass is 9.95. The van der Waals surface area contributed by atoms with Gasteiger partial charge in [0, 0.05) is 6.07 Å². The zero-order valence-electron chi connectivity index (χ0n) is 9.20. The Balaban J connectivity index is 1.67. The summed E-state index contributed by atoms with van der Waals surface area (Å²) in [5, 5.41) is 13.8. The zero-order chi connectivity index (χ0) is 11.8. The minimum Gasteiger partial charge on any atom is -0.373 e. The van der Waals surface area contributed by atoms with Crippen LogP contribution in [0.5, 0.6) is 0 Å². The van der Waals surface area contributed by atoms with Gasteiger partial charge in [0.05, 0.1) is 23.2 Å². The summed E-state index contributed by atoms with van der Waals surface area (Å²) in [6.45, 7) is 0. The molecule has 17 heavy (non-hydrogen) atoms. The van der Waals surface area contributed by atoms with Crippen LogP contribution in [0.2, 0.25) is 0 Å². The second-order valence-corrected chi connectivity index (χ2v) is 4.52. The number of nitrogens with zero attached hydrogens (tertiary/aromatic N) is 2. The first-order chi connectivity index (χ1) is 8.22. The van der Waals surface area contributed by atoms with E-state index in [1.165, 1.54) is 12.3 Å². The molecule has 3 rings (SSSR count). The first-order valence-corrected chi connectivity index (χ1v) is 5.75. The summed E-state index contributed by atoms with van der Waals surface area (Å²) in [5.74, 6) is 0.678. The molecule has 3 unspecified atom stereocenters. The molecule has 0 saturated carbocycles. The summed E-state index contributed by atoms with van der Waals surface area (Å²) in [6.07, 6.45) is 5.18. The first-order valence-electron chi connectivity index (χ1n) is 5.75. The van der Waals surface area contributed by atoms with Crippen LogP contribution < -0.4 is 5.32 Å². The second kappa shape index (κ2) is 3.96. The Morgan fingerprint density at radius 1 is 1.47 bits per heavy atom. The number of pyridine rings is 1. The lowest BCUT2D eigenvalue weighted by Crippen LogP contribution is -2.30. The average Bonchev–Trinajstić information content (AvgIpc) is 2.91. The van der Waals surface area contributed by atoms with Gasteiger partial charge in [-0.3, -0.25) is 10.1 Å². The number of hydrogen-bond donors (Lipinski definition) is 1. The monoisotopic (exact) mass is 235 g/mol. The Labute approximate surface area is 98.1 Å². The molecule has 3 heterocycles. The predicted octanol–water partition coefficient (Wildman–Crippen LogP) is 1.72. The van der Waals surface area contributed by atoms with Crippen LogP contribution in [0.15, 0.2) is 18.3 Å². The maximum absolute atomic E-state index is 10.5. The van der Waals surface area contributed by atoms with Gasteiger partial charge in [0.1, 0.15) is 12.0 Å². The second-order valence-electron chi connectivity index (χ2n) is 4.52. The fraction of sp³-hybridized carbons (Fsp3) is 0.545. The van der Waals surface area contributed by atoms with Crippen LogP contribution >= 0.6 is 0 Å². The van der Waals surface area contributed by atoms with E-state index in [0.29, 0.717) is 18.0 Å². The highest BCUT2D eigenvalue weighted by Crippen LogP contribution is 2.35. The fourth-order valence-electron chi connectivity index (χ4n) is 2.56. The van der Waals surface area contributed by atoms with Crippen molar-refractivity contribution >= 4 is 11.5 Å². The molecule has 1 N–H and O–H groups in total. The van der Waals surface area contributed by atoms with Crippen molar-refractivity contribution in [3.8, 4) is 0 Å². The van der Waals surface area contributed by atoms with Gasteiger partial charge in [-0.25, -0.2) is 4.98 Å². The standard InChI is InChI=1S/C11H13N3O3/c15-14(16)7-1-4-11(12-6-7)13-9-5-8-2-3-10(9)17-8/h1,4,6,8-10H,2-3,5H2,(H,12,13). The third-order valence-electron chi connectivity index (χ3n) is 3.40. The highest BCUT2D eigenvalue weighted by molar-refractivity contribution is 5.41. The van der Waals surface area contributed by atoms with Crippen molar-refractivity contribution in [2.45, 2.75) is 37.5 Å². The smallest absolute Gasteiger partial charge is 0.287 e. The van der Waals surface area contributed by atoms with Crippen LogP contribution in [-0.4, -0.2) is 28.2 Å². The number of nitro groups is 1. The Kier molecular flexibility index (Phi) is 2.44. The van der Waals surface area contributed by atoms with E-state index in [1.807, 2.05) is 0 Å². The third kappa shape index (κ3) is 1.95. The van der Waals surface area contributed by atoms with E-state index in [2.05, 4.69) is 10.3 Å². The molecule has 0 amide bonds. The van der Waals surface area contributed by atoms with E-state index in [0.717, 1.165) is 19.3 Å². The zero-order valence-corrected chi connectivity index (χ0v) is 9.20. The quantitative estimate of drug-likeness (QED) is 0.637. The number of nitrogens with one attached hydrogen (secondary N) is 1. The molecule has 3 atom stereocenters. The predicted molar refractivity (Wildman–Crippen MR) is 60.8 cm³/mol. The average molecular weight is 235 g/mol. The first kappa shape index (κ1) is 10.5. The van der Waals surface area contributed by atoms with Gasteiger partial charge >= 0.3 is 0 Å². The summed E-state index contributed by atoms with van der Waals surface area (Å²) < 4.78 is 5.72. The van der Waals surface area contributed by atoms with Gasteiger partial charge in [-0.15, -0.1) is 0 Å². The minimum absolute atomic E-state index is 0.0137. The Bertz CT molecular complexity index is 434. The molecule has 2 fully saturated rings. The van der Waals surface area contributed by atoms with Crippen molar-refractivity contribution in [3.63, 3.8) is 0 Å². The van der Waals surface area contributed by atoms with Crippen LogP contribution in [0, 0.1) is 10.1 Å². The van der Waals surface area contributed by atoms with E-state index < -0.39 is 4.92 Å². The molecule has 2 aliphatic rings. The van der Waals surface area contributed by atoms with E-state index in [-0.39, 0.29) is 11.8 Å². The van der Waals surface area contributed by atoms with Gasteiger partial charge in [0.2, 0.25) is 0 Å². The molecular weight excluding hydrogens is 222 g/mol. The number of ether oxygens (including phenoxy) is 1. The van der Waals surface area contributed by atoms with Gasteiger partial charge in [-0.2, -0.15) is 0 Å². The van der Waals surface area contributed by atoms with E-state index in [1.54, 1.807) is 6.07 Å². The largest absolute Gasteiger partial charge is 0.373 e. The van der Waals surface area contributed by atoms with Gasteiger partial charge in [0.15, 0.2) is 0 Å². The van der Waals surface area contributed by atoms with Gasteiger partial charge in [0.25, 0.3) is 5.69 Å². The van der Waals surface area contributed by atoms with Crippen LogP contribution in [-0.2, 0) is 4.74 Å². The summed E-state index contributed by atoms with van der Waals surface area (Å²) >= 11 is 0. The van der Waals surface area contributed by atoms with Crippen LogP contribution in [0.1, 0.15) is 19.3 Å². The maximum atomic E-state index is 10.5. The molecule has 0 aliphatic carbocycles. The number of anilines is 1. The maximum Gasteiger partial charge on any atom is 0.287 e. The van der Waals surface area contributed by atoms with Crippen molar-refractivity contribution in [1.29, 1.82) is 0 Å². The molecule has 1 aromatic heterocycles. The van der Waals surface area contributed by atoms with Crippen molar-refractivity contribution in [2.24, 2.45) is 0 Å². The molecule has 0 spiro atoms. The molecular formula is C11H13N3O3. The highest BCUT2D eigenvalue weighted by Gasteiger charge is 2.40. The summed E-state index contributed by atoms with van der Waals surface area (Å²) in [4.78, 5) is 14.1. The van der Waals surface area contributed by atoms with Crippen molar-refractivity contribution in [3.05, 3.63) is 28.4 Å². The highest BCUT2D eigenvalue weighted by atomic mass is 16.6. The molecule has 2 bridgehead atoms. The number of rotatable bonds is 3. The third-order valence-corrected chi connectivity index (χ3v) is 3.40. The molecule has 0 radical (unpaired) electrons. The van der Waals surface area contributed by atoms with Crippen molar-refractivity contribution in [2.75, 3.05) is 5.32 Å². The Hall–Kier alpha value is -1.69. The van der Waals surface area contributed by atoms with Crippen LogP contribution in [0.25, 0.3) is 0 Å². The molecule has 90 valence electrons. The van der Waals surface area contributed by atoms with Crippen molar-refractivity contribution < 1.29 is 9.66 Å². The number of aromatic nitrogens is 1. The Morgan fingerprint density at radius 3 is 2.88 bits per heavy atom. The molecule has 2 aliphatic heterocycles. The number of hydrogen-bond acceptors (Lipinski definition) is 5. The van der Waals surface area contributed by atoms with Gasteiger partial charge in [-0.05, 0) is 25.3 Å². The SMILES string of the molecule is O=[N+]([O-])c1ccc(NC2CC3CCC2O3)nc1. The number of fused-ring (bicyclic) bond motifs is 2. The van der Waals surface area contributed by atoms with Gasteiger partial charge in [-0.1, -0.05) is 0 Å². The Morgan fingerprint density at radius 2 is 2.35 bits per heavy atom. The van der Waals surface area contributed by atoms with Crippen molar-refractivity contribution in [1.82, 2.24) is 4.98 Å². The summed E-state index contributed by atoms with van der Waals surface area (Å²) in [5.41, 5.74) is 0.0137. The van der Waals surface area contributed by atoms with Crippen LogP contribution in [0.3, 0.4) is 0 Å². The fourth-order valence-corrected chi connectivity index (χ4v) is 2.56. The van der Waals surface area contributed by atoms with E-state index in [9.17, 15) is 10.1 Å². The van der Waals surface area contributed by atoms with Gasteiger partial charge < -0.3 is 10.1 Å². The molecule has 0 aromatic carbocycles. The topological polar surface area (TPSA) is 77.3 Å². The van der Waals surface area contributed by atoms with E-state index >= 15 is 0 Å². The molecule has 6 nitrogen and oxygen atoms in total. The molecule has 2 saturated heterocycles. The van der Waals surface area contributed by atoms with E-state index in [4.69, 9.17) is 4.74 Å². The summed E-state index contributed by atoms with van der Waals surface area (Å²) in [7, 11) is 0. The summed E-state index contributed by atoms with van der Waals surface area (Å²) in [6, 6.07) is 3.40. The molecule has 1 aromatic rings. The van der Waals surface area contributed by atoms with Crippen LogP contribution in [0.4, 0.5) is 11.5 Å².